The van der Waals surface area contributed by atoms with Crippen LogP contribution in [0.4, 0.5) is 0 Å². The molecule has 0 aliphatic carbocycles. The van der Waals surface area contributed by atoms with Gasteiger partial charge in [-0.1, -0.05) is 17.7 Å². The second-order valence-electron chi connectivity index (χ2n) is 5.55. The quantitative estimate of drug-likeness (QED) is 0.758. The number of hydrogen-bond acceptors (Lipinski definition) is 5. The number of ether oxygens (including phenoxy) is 2. The minimum absolute atomic E-state index is 0.349. The van der Waals surface area contributed by atoms with Gasteiger partial charge in [0.1, 0.15) is 12.4 Å². The molecule has 0 aromatic heterocycles. The Morgan fingerprint density at radius 1 is 1.41 bits per heavy atom. The molecule has 1 heterocycles. The average Bonchev–Trinajstić information content (AvgIpc) is 2.50. The molecule has 0 bridgehead atoms. The van der Waals surface area contributed by atoms with Crippen molar-refractivity contribution < 1.29 is 14.6 Å². The van der Waals surface area contributed by atoms with Crippen molar-refractivity contribution in [3.8, 4) is 5.75 Å². The van der Waals surface area contributed by atoms with E-state index in [1.54, 1.807) is 6.92 Å². The zero-order valence-electron chi connectivity index (χ0n) is 13.1. The zero-order chi connectivity index (χ0) is 15.8. The molecule has 1 aliphatic rings. The molecule has 1 saturated heterocycles. The highest BCUT2D eigenvalue weighted by atomic mass is 35.5. The Morgan fingerprint density at radius 2 is 2.18 bits per heavy atom. The summed E-state index contributed by atoms with van der Waals surface area (Å²) in [4.78, 5) is 2.33. The number of halogens is 1. The van der Waals surface area contributed by atoms with Gasteiger partial charge in [-0.05, 0) is 24.6 Å². The van der Waals surface area contributed by atoms with E-state index in [0.717, 1.165) is 38.4 Å². The lowest BCUT2D eigenvalue weighted by Crippen LogP contribution is -2.38. The maximum atomic E-state index is 9.21. The Balaban J connectivity index is 1.74. The fourth-order valence-corrected chi connectivity index (χ4v) is 2.56. The van der Waals surface area contributed by atoms with Crippen LogP contribution in [0.1, 0.15) is 12.5 Å². The predicted octanol–water partition coefficient (Wildman–Crippen LogP) is 1.52. The first-order chi connectivity index (χ1) is 10.6. The Bertz CT molecular complexity index is 451. The summed E-state index contributed by atoms with van der Waals surface area (Å²) in [5.74, 6) is 0.717. The number of rotatable bonds is 8. The third-order valence-electron chi connectivity index (χ3n) is 3.53. The number of nitrogens with zero attached hydrogens (tertiary/aromatic N) is 1. The molecule has 1 aromatic carbocycles. The minimum atomic E-state index is -0.349. The molecule has 1 fully saturated rings. The second-order valence-corrected chi connectivity index (χ2v) is 5.95. The Hall–Kier alpha value is -0.850. The number of hydrogen-bond donors (Lipinski definition) is 2. The number of aliphatic hydroxyl groups excluding tert-OH is 1. The van der Waals surface area contributed by atoms with E-state index in [2.05, 4.69) is 10.2 Å². The van der Waals surface area contributed by atoms with Crippen molar-refractivity contribution in [2.45, 2.75) is 19.6 Å². The third kappa shape index (κ3) is 6.10. The Morgan fingerprint density at radius 3 is 2.86 bits per heavy atom. The van der Waals surface area contributed by atoms with Gasteiger partial charge in [0, 0.05) is 32.7 Å². The number of nitrogens with one attached hydrogen (secondary N) is 1. The molecule has 124 valence electrons. The molecule has 0 radical (unpaired) electrons. The van der Waals surface area contributed by atoms with Crippen LogP contribution in [0.25, 0.3) is 0 Å². The van der Waals surface area contributed by atoms with Crippen LogP contribution in [0, 0.1) is 0 Å². The fraction of sp³-hybridized carbons (Fsp3) is 0.625. The van der Waals surface area contributed by atoms with Crippen molar-refractivity contribution in [2.24, 2.45) is 0 Å². The van der Waals surface area contributed by atoms with E-state index < -0.39 is 0 Å². The summed E-state index contributed by atoms with van der Waals surface area (Å²) in [7, 11) is 0. The molecule has 6 heteroatoms. The molecule has 22 heavy (non-hydrogen) atoms. The molecule has 1 unspecified atom stereocenters. The summed E-state index contributed by atoms with van der Waals surface area (Å²) in [6, 6.07) is 5.80. The lowest BCUT2D eigenvalue weighted by Gasteiger charge is -2.26. The van der Waals surface area contributed by atoms with Crippen LogP contribution in [-0.2, 0) is 11.3 Å². The van der Waals surface area contributed by atoms with E-state index in [1.165, 1.54) is 0 Å². The van der Waals surface area contributed by atoms with Gasteiger partial charge in [0.15, 0.2) is 0 Å². The zero-order valence-corrected chi connectivity index (χ0v) is 13.8. The van der Waals surface area contributed by atoms with Gasteiger partial charge in [0.25, 0.3) is 0 Å². The van der Waals surface area contributed by atoms with Crippen LogP contribution in [-0.4, -0.2) is 62.1 Å². The molecule has 0 spiro atoms. The van der Waals surface area contributed by atoms with Crippen molar-refractivity contribution in [1.82, 2.24) is 10.2 Å². The Kier molecular flexibility index (Phi) is 7.42. The van der Waals surface area contributed by atoms with E-state index in [0.29, 0.717) is 30.5 Å². The van der Waals surface area contributed by atoms with Gasteiger partial charge in [-0.2, -0.15) is 0 Å². The van der Waals surface area contributed by atoms with Crippen LogP contribution in [0.15, 0.2) is 18.2 Å². The molecule has 5 nitrogen and oxygen atoms in total. The highest BCUT2D eigenvalue weighted by molar-refractivity contribution is 6.32. The molecular weight excluding hydrogens is 304 g/mol. The lowest BCUT2D eigenvalue weighted by atomic mass is 10.2. The van der Waals surface area contributed by atoms with Crippen molar-refractivity contribution >= 4 is 11.6 Å². The summed E-state index contributed by atoms with van der Waals surface area (Å²) in [5.41, 5.74) is 1.08. The molecule has 1 aromatic rings. The highest BCUT2D eigenvalue weighted by Gasteiger charge is 2.10. The van der Waals surface area contributed by atoms with E-state index in [-0.39, 0.29) is 6.10 Å². The van der Waals surface area contributed by atoms with E-state index in [1.807, 2.05) is 18.2 Å². The lowest BCUT2D eigenvalue weighted by molar-refractivity contribution is 0.0322. The van der Waals surface area contributed by atoms with Crippen molar-refractivity contribution in [3.63, 3.8) is 0 Å². The molecule has 2 N–H and O–H groups in total. The van der Waals surface area contributed by atoms with Gasteiger partial charge in [-0.15, -0.1) is 0 Å². The monoisotopic (exact) mass is 328 g/mol. The third-order valence-corrected chi connectivity index (χ3v) is 3.83. The smallest absolute Gasteiger partial charge is 0.137 e. The topological polar surface area (TPSA) is 54.0 Å². The first-order valence-corrected chi connectivity index (χ1v) is 8.13. The van der Waals surface area contributed by atoms with Crippen LogP contribution in [0.2, 0.25) is 5.02 Å². The number of morpholine rings is 1. The second kappa shape index (κ2) is 9.33. The van der Waals surface area contributed by atoms with Crippen molar-refractivity contribution in [2.75, 3.05) is 46.0 Å². The summed E-state index contributed by atoms with van der Waals surface area (Å²) in [6.45, 7) is 8.04. The van der Waals surface area contributed by atoms with Gasteiger partial charge in [0.2, 0.25) is 0 Å². The van der Waals surface area contributed by atoms with E-state index >= 15 is 0 Å². The van der Waals surface area contributed by atoms with E-state index in [4.69, 9.17) is 21.1 Å². The SMILES string of the molecule is CC(O)CNCc1ccc(OCCN2CCOCC2)c(Cl)c1. The molecule has 0 saturated carbocycles. The maximum absolute atomic E-state index is 9.21. The number of benzene rings is 1. The largest absolute Gasteiger partial charge is 0.491 e. The normalized spacial score (nSPS) is 17.4. The standard InChI is InChI=1S/C16H25ClN2O3/c1-13(20)11-18-12-14-2-3-16(15(17)10-14)22-9-6-19-4-7-21-8-5-19/h2-3,10,13,18,20H,4-9,11-12H2,1H3. The fourth-order valence-electron chi connectivity index (χ4n) is 2.31. The maximum Gasteiger partial charge on any atom is 0.137 e. The number of aliphatic hydroxyl groups is 1. The predicted molar refractivity (Wildman–Crippen MR) is 87.6 cm³/mol. The molecular formula is C16H25ClN2O3. The van der Waals surface area contributed by atoms with Gasteiger partial charge < -0.3 is 19.9 Å². The van der Waals surface area contributed by atoms with Crippen LogP contribution >= 0.6 is 11.6 Å². The molecule has 1 atom stereocenters. The van der Waals surface area contributed by atoms with Crippen molar-refractivity contribution in [1.29, 1.82) is 0 Å². The average molecular weight is 329 g/mol. The highest BCUT2D eigenvalue weighted by Crippen LogP contribution is 2.25. The molecule has 2 rings (SSSR count). The first kappa shape index (κ1) is 17.5. The Labute approximate surface area is 137 Å². The van der Waals surface area contributed by atoms with Crippen LogP contribution < -0.4 is 10.1 Å². The van der Waals surface area contributed by atoms with Crippen LogP contribution in [0.3, 0.4) is 0 Å². The molecule has 0 amide bonds. The summed E-state index contributed by atoms with van der Waals surface area (Å²) in [6.07, 6.45) is -0.349. The van der Waals surface area contributed by atoms with Gasteiger partial charge in [-0.25, -0.2) is 0 Å². The summed E-state index contributed by atoms with van der Waals surface area (Å²) < 4.78 is 11.1. The first-order valence-electron chi connectivity index (χ1n) is 7.75. The van der Waals surface area contributed by atoms with Gasteiger partial charge in [-0.3, -0.25) is 4.90 Å². The van der Waals surface area contributed by atoms with Gasteiger partial charge >= 0.3 is 0 Å². The van der Waals surface area contributed by atoms with E-state index in [9.17, 15) is 5.11 Å². The molecule has 1 aliphatic heterocycles. The van der Waals surface area contributed by atoms with Crippen molar-refractivity contribution in [3.05, 3.63) is 28.8 Å². The summed E-state index contributed by atoms with van der Waals surface area (Å²) >= 11 is 6.26. The minimum Gasteiger partial charge on any atom is -0.491 e. The van der Waals surface area contributed by atoms with Crippen LogP contribution in [0.5, 0.6) is 5.75 Å². The summed E-state index contributed by atoms with van der Waals surface area (Å²) in [5, 5.41) is 13.0. The van der Waals surface area contributed by atoms with Gasteiger partial charge in [0.05, 0.1) is 24.3 Å².